The van der Waals surface area contributed by atoms with Crippen LogP contribution in [0.3, 0.4) is 0 Å². The number of hydrogen-bond acceptors (Lipinski definition) is 2. The molecule has 1 aliphatic heterocycles. The number of nitrogens with zero attached hydrogens (tertiary/aromatic N) is 1. The van der Waals surface area contributed by atoms with Gasteiger partial charge in [-0.05, 0) is 65.5 Å². The summed E-state index contributed by atoms with van der Waals surface area (Å²) in [5.74, 6) is 0.915. The van der Waals surface area contributed by atoms with E-state index in [1.807, 2.05) is 0 Å². The van der Waals surface area contributed by atoms with Crippen molar-refractivity contribution in [3.8, 4) is 0 Å². The minimum atomic E-state index is 0.283. The molecule has 0 saturated heterocycles. The number of anilines is 2. The van der Waals surface area contributed by atoms with Gasteiger partial charge in [0.1, 0.15) is 11.7 Å². The maximum Gasteiger partial charge on any atom is 0.130 e. The zero-order valence-electron chi connectivity index (χ0n) is 23.3. The van der Waals surface area contributed by atoms with Gasteiger partial charge in [0, 0.05) is 16.9 Å². The number of allylic oxidation sites excluding steroid dienone is 2. The average Bonchev–Trinajstić information content (AvgIpc) is 2.92. The van der Waals surface area contributed by atoms with Crippen LogP contribution in [0.25, 0.3) is 5.70 Å². The first-order valence-corrected chi connectivity index (χ1v) is 14.1. The highest BCUT2D eigenvalue weighted by Crippen LogP contribution is 2.39. The molecule has 3 aromatic rings. The van der Waals surface area contributed by atoms with Crippen molar-refractivity contribution < 1.29 is 4.58 Å². The van der Waals surface area contributed by atoms with Crippen molar-refractivity contribution in [2.24, 2.45) is 0 Å². The fourth-order valence-electron chi connectivity index (χ4n) is 5.90. The lowest BCUT2D eigenvalue weighted by Crippen LogP contribution is -2.26. The van der Waals surface area contributed by atoms with Crippen LogP contribution in [0.2, 0.25) is 0 Å². The molecule has 0 spiro atoms. The minimum absolute atomic E-state index is 0.283. The van der Waals surface area contributed by atoms with Gasteiger partial charge < -0.3 is 10.6 Å². The highest BCUT2D eigenvalue weighted by molar-refractivity contribution is 5.70. The first kappa shape index (κ1) is 25.9. The van der Waals surface area contributed by atoms with Gasteiger partial charge in [0.2, 0.25) is 0 Å². The second-order valence-electron chi connectivity index (χ2n) is 11.1. The van der Waals surface area contributed by atoms with Crippen LogP contribution in [0.4, 0.5) is 11.4 Å². The standard InChI is InChI=1S/C35H41N3/c1-24(2)29-18-12-19-30(25(3)4)35(29)36-23-28-17-11-22-33(38(28)5)31-20-9-13-26-14-10-21-32(34(26)31)37-27-15-7-6-8-16-27/h6-9,11-13,15-20,22,24-25,32,36-37H,5,10,14,21,23H2,1-4H3. The third kappa shape index (κ3) is 5.29. The summed E-state index contributed by atoms with van der Waals surface area (Å²) in [6.07, 6.45) is 10.0. The van der Waals surface area contributed by atoms with Crippen molar-refractivity contribution in [1.82, 2.24) is 0 Å². The maximum atomic E-state index is 4.54. The van der Waals surface area contributed by atoms with Crippen molar-refractivity contribution in [2.75, 3.05) is 17.2 Å². The van der Waals surface area contributed by atoms with Gasteiger partial charge in [0.05, 0.1) is 19.3 Å². The fraction of sp³-hybridized carbons (Fsp3) is 0.314. The van der Waals surface area contributed by atoms with E-state index in [4.69, 9.17) is 0 Å². The molecule has 3 heteroatoms. The Morgan fingerprint density at radius 3 is 2.34 bits per heavy atom. The lowest BCUT2D eigenvalue weighted by atomic mass is 9.83. The second-order valence-corrected chi connectivity index (χ2v) is 11.1. The molecule has 0 fully saturated rings. The van der Waals surface area contributed by atoms with Crippen LogP contribution >= 0.6 is 0 Å². The van der Waals surface area contributed by atoms with Crippen LogP contribution in [0, 0.1) is 6.04 Å². The number of fused-ring (bicyclic) bond motifs is 1. The Labute approximate surface area is 229 Å². The highest BCUT2D eigenvalue weighted by atomic mass is 15.1. The molecule has 1 unspecified atom stereocenters. The molecule has 0 aromatic heterocycles. The molecule has 2 aliphatic rings. The van der Waals surface area contributed by atoms with Gasteiger partial charge in [-0.2, -0.15) is 0 Å². The third-order valence-corrected chi connectivity index (χ3v) is 7.87. The van der Waals surface area contributed by atoms with E-state index in [0.29, 0.717) is 11.8 Å². The van der Waals surface area contributed by atoms with Gasteiger partial charge in [0.15, 0.2) is 0 Å². The molecular formula is C35H41N3. The Morgan fingerprint density at radius 2 is 1.63 bits per heavy atom. The van der Waals surface area contributed by atoms with E-state index >= 15 is 0 Å². The number of para-hydroxylation sites is 2. The van der Waals surface area contributed by atoms with Crippen molar-refractivity contribution in [1.29, 1.82) is 0 Å². The van der Waals surface area contributed by atoms with Crippen LogP contribution in [-0.2, 0) is 6.42 Å². The molecule has 0 bridgehead atoms. The predicted octanol–water partition coefficient (Wildman–Crippen LogP) is 8.69. The summed E-state index contributed by atoms with van der Waals surface area (Å²) < 4.78 is 2.13. The van der Waals surface area contributed by atoms with Crippen molar-refractivity contribution >= 4 is 23.8 Å². The number of hydrogen-bond donors (Lipinski definition) is 2. The number of benzene rings is 3. The van der Waals surface area contributed by atoms with Crippen LogP contribution in [-0.4, -0.2) is 17.8 Å². The lowest BCUT2D eigenvalue weighted by molar-refractivity contribution is -0.397. The van der Waals surface area contributed by atoms with E-state index in [2.05, 4.69) is 135 Å². The van der Waals surface area contributed by atoms with Gasteiger partial charge in [-0.3, -0.25) is 4.58 Å². The van der Waals surface area contributed by atoms with E-state index in [-0.39, 0.29) is 6.04 Å². The Bertz CT molecular complexity index is 1320. The Hall–Kier alpha value is -3.72. The first-order valence-electron chi connectivity index (χ1n) is 14.1. The average molecular weight is 504 g/mol. The second kappa shape index (κ2) is 11.3. The number of aryl methyl sites for hydroxylation is 1. The molecule has 0 radical (unpaired) electrons. The SMILES string of the molecule is C=[N+]1C(c2cccc3c2C(Nc2ccccc2)CCC3)=CC=C[C-]1CNc1c(C(C)C)cccc1C(C)C. The Morgan fingerprint density at radius 1 is 0.921 bits per heavy atom. The van der Waals surface area contributed by atoms with E-state index in [1.165, 1.54) is 45.6 Å². The molecule has 3 nitrogen and oxygen atoms in total. The Balaban J connectivity index is 1.41. The van der Waals surface area contributed by atoms with Crippen LogP contribution < -0.4 is 10.6 Å². The maximum absolute atomic E-state index is 4.54. The van der Waals surface area contributed by atoms with Crippen molar-refractivity contribution in [3.05, 3.63) is 119 Å². The van der Waals surface area contributed by atoms with Gasteiger partial charge in [-0.1, -0.05) is 94.4 Å². The summed E-state index contributed by atoms with van der Waals surface area (Å²) in [7, 11) is 0. The molecule has 38 heavy (non-hydrogen) atoms. The van der Waals surface area contributed by atoms with Crippen molar-refractivity contribution in [3.63, 3.8) is 0 Å². The molecule has 1 atom stereocenters. The summed E-state index contributed by atoms with van der Waals surface area (Å²) in [6, 6.07) is 25.5. The molecule has 3 aromatic carbocycles. The molecule has 2 N–H and O–H groups in total. The zero-order valence-corrected chi connectivity index (χ0v) is 23.3. The normalized spacial score (nSPS) is 17.0. The molecule has 196 valence electrons. The van der Waals surface area contributed by atoms with Gasteiger partial charge >= 0.3 is 0 Å². The first-order chi connectivity index (χ1) is 18.4. The third-order valence-electron chi connectivity index (χ3n) is 7.87. The summed E-state index contributed by atoms with van der Waals surface area (Å²) in [5, 5.41) is 7.63. The lowest BCUT2D eigenvalue weighted by Gasteiger charge is -2.32. The largest absolute Gasteiger partial charge is 0.383 e. The predicted molar refractivity (Wildman–Crippen MR) is 163 cm³/mol. The van der Waals surface area contributed by atoms with Gasteiger partial charge in [0.25, 0.3) is 0 Å². The molecule has 1 heterocycles. The number of nitrogens with one attached hydrogen (secondary N) is 2. The van der Waals surface area contributed by atoms with Crippen molar-refractivity contribution in [2.45, 2.75) is 64.8 Å². The summed E-state index contributed by atoms with van der Waals surface area (Å²) >= 11 is 0. The molecule has 0 amide bonds. The Kier molecular flexibility index (Phi) is 7.74. The van der Waals surface area contributed by atoms with Crippen LogP contribution in [0.1, 0.15) is 86.2 Å². The smallest absolute Gasteiger partial charge is 0.130 e. The summed E-state index contributed by atoms with van der Waals surface area (Å²) in [5.41, 5.74) is 10.5. The van der Waals surface area contributed by atoms with E-state index in [9.17, 15) is 0 Å². The minimum Gasteiger partial charge on any atom is -0.383 e. The summed E-state index contributed by atoms with van der Waals surface area (Å²) in [4.78, 5) is 0. The quantitative estimate of drug-likeness (QED) is 0.238. The zero-order chi connectivity index (χ0) is 26.6. The molecule has 0 saturated carbocycles. The molecule has 1 aliphatic carbocycles. The fourth-order valence-corrected chi connectivity index (χ4v) is 5.90. The molecular weight excluding hydrogens is 462 g/mol. The van der Waals surface area contributed by atoms with E-state index in [0.717, 1.165) is 31.1 Å². The molecule has 5 rings (SSSR count). The van der Waals surface area contributed by atoms with Gasteiger partial charge in [-0.25, -0.2) is 0 Å². The monoisotopic (exact) mass is 503 g/mol. The van der Waals surface area contributed by atoms with Crippen LogP contribution in [0.15, 0.2) is 85.0 Å². The van der Waals surface area contributed by atoms with Crippen LogP contribution in [0.5, 0.6) is 0 Å². The van der Waals surface area contributed by atoms with Gasteiger partial charge in [-0.15, -0.1) is 6.08 Å². The van der Waals surface area contributed by atoms with E-state index < -0.39 is 0 Å². The summed E-state index contributed by atoms with van der Waals surface area (Å²) in [6.45, 7) is 14.3. The highest BCUT2D eigenvalue weighted by Gasteiger charge is 2.28. The topological polar surface area (TPSA) is 27.1 Å². The number of rotatable bonds is 8. The van der Waals surface area contributed by atoms with E-state index in [1.54, 1.807) is 0 Å².